The van der Waals surface area contributed by atoms with Crippen LogP contribution < -0.4 is 5.73 Å². The molecule has 0 aromatic carbocycles. The van der Waals surface area contributed by atoms with E-state index in [4.69, 9.17) is 5.73 Å². The summed E-state index contributed by atoms with van der Waals surface area (Å²) in [4.78, 5) is 4.24. The van der Waals surface area contributed by atoms with Crippen LogP contribution in [0.5, 0.6) is 0 Å². The highest BCUT2D eigenvalue weighted by Crippen LogP contribution is 2.41. The average molecular weight is 209 g/mol. The molecular weight excluding hydrogens is 190 g/mol. The minimum absolute atomic E-state index is 0.363. The third kappa shape index (κ3) is 2.21. The summed E-state index contributed by atoms with van der Waals surface area (Å²) in [6, 6.07) is 0. The number of nitrogens with two attached hydrogens (primary N) is 1. The van der Waals surface area contributed by atoms with Crippen LogP contribution in [0.3, 0.4) is 0 Å². The van der Waals surface area contributed by atoms with Crippen LogP contribution in [0.1, 0.15) is 25.1 Å². The standard InChI is InChI=1S/C11H19N3O/c1-14-7-6-13-10(14)4-5-11(15,8-12)9-2-3-9/h6-7,9,15H,2-5,8,12H2,1H3. The Morgan fingerprint density at radius 3 is 2.87 bits per heavy atom. The van der Waals surface area contributed by atoms with Crippen molar-refractivity contribution in [3.8, 4) is 0 Å². The number of rotatable bonds is 5. The molecule has 2 rings (SSSR count). The number of aromatic nitrogens is 2. The Hall–Kier alpha value is -0.870. The van der Waals surface area contributed by atoms with Crippen molar-refractivity contribution in [2.24, 2.45) is 18.7 Å². The minimum Gasteiger partial charge on any atom is -0.388 e. The second kappa shape index (κ2) is 3.94. The molecule has 1 aromatic rings. The van der Waals surface area contributed by atoms with E-state index in [0.717, 1.165) is 31.5 Å². The Labute approximate surface area is 90.1 Å². The maximum Gasteiger partial charge on any atom is 0.108 e. The number of hydrogen-bond donors (Lipinski definition) is 2. The largest absolute Gasteiger partial charge is 0.388 e. The van der Waals surface area contributed by atoms with Gasteiger partial charge in [0.25, 0.3) is 0 Å². The third-order valence-electron chi connectivity index (χ3n) is 3.39. The van der Waals surface area contributed by atoms with Gasteiger partial charge in [-0.25, -0.2) is 4.98 Å². The van der Waals surface area contributed by atoms with Gasteiger partial charge < -0.3 is 15.4 Å². The highest BCUT2D eigenvalue weighted by molar-refractivity contribution is 4.99. The fourth-order valence-electron chi connectivity index (χ4n) is 2.06. The molecule has 0 amide bonds. The second-order valence-corrected chi connectivity index (χ2v) is 4.54. The summed E-state index contributed by atoms with van der Waals surface area (Å²) in [6.07, 6.45) is 7.47. The second-order valence-electron chi connectivity index (χ2n) is 4.54. The molecule has 1 aliphatic rings. The normalized spacial score (nSPS) is 20.2. The number of nitrogens with zero attached hydrogens (tertiary/aromatic N) is 2. The summed E-state index contributed by atoms with van der Waals surface area (Å²) in [5, 5.41) is 10.3. The minimum atomic E-state index is -0.661. The van der Waals surface area contributed by atoms with Crippen molar-refractivity contribution < 1.29 is 5.11 Å². The van der Waals surface area contributed by atoms with Crippen molar-refractivity contribution in [2.75, 3.05) is 6.54 Å². The van der Waals surface area contributed by atoms with Crippen LogP contribution >= 0.6 is 0 Å². The number of imidazole rings is 1. The van der Waals surface area contributed by atoms with Gasteiger partial charge in [0.05, 0.1) is 5.60 Å². The van der Waals surface area contributed by atoms with Crippen molar-refractivity contribution in [3.63, 3.8) is 0 Å². The Bertz CT molecular complexity index is 332. The highest BCUT2D eigenvalue weighted by atomic mass is 16.3. The van der Waals surface area contributed by atoms with E-state index in [0.29, 0.717) is 12.5 Å². The molecule has 84 valence electrons. The van der Waals surface area contributed by atoms with E-state index in [9.17, 15) is 5.11 Å². The molecule has 4 heteroatoms. The zero-order valence-corrected chi connectivity index (χ0v) is 9.19. The topological polar surface area (TPSA) is 64.1 Å². The number of aliphatic hydroxyl groups is 1. The highest BCUT2D eigenvalue weighted by Gasteiger charge is 2.42. The quantitative estimate of drug-likeness (QED) is 0.740. The molecule has 1 atom stereocenters. The molecule has 1 saturated carbocycles. The maximum absolute atomic E-state index is 10.3. The maximum atomic E-state index is 10.3. The molecule has 15 heavy (non-hydrogen) atoms. The van der Waals surface area contributed by atoms with E-state index < -0.39 is 5.60 Å². The Morgan fingerprint density at radius 2 is 2.40 bits per heavy atom. The molecule has 1 aromatic heterocycles. The summed E-state index contributed by atoms with van der Waals surface area (Å²) < 4.78 is 1.99. The Kier molecular flexibility index (Phi) is 2.80. The van der Waals surface area contributed by atoms with Gasteiger partial charge in [-0.1, -0.05) is 0 Å². The third-order valence-corrected chi connectivity index (χ3v) is 3.39. The molecule has 4 nitrogen and oxygen atoms in total. The van der Waals surface area contributed by atoms with Crippen LogP contribution in [0.4, 0.5) is 0 Å². The first-order valence-electron chi connectivity index (χ1n) is 5.54. The van der Waals surface area contributed by atoms with Gasteiger partial charge in [0.1, 0.15) is 5.82 Å². The van der Waals surface area contributed by atoms with Crippen molar-refractivity contribution in [3.05, 3.63) is 18.2 Å². The summed E-state index contributed by atoms with van der Waals surface area (Å²) in [6.45, 7) is 0.363. The SMILES string of the molecule is Cn1ccnc1CCC(O)(CN)C1CC1. The number of hydrogen-bond acceptors (Lipinski definition) is 3. The van der Waals surface area contributed by atoms with Gasteiger partial charge in [0.15, 0.2) is 0 Å². The first kappa shape index (κ1) is 10.6. The first-order chi connectivity index (χ1) is 7.15. The molecule has 0 saturated heterocycles. The Balaban J connectivity index is 1.94. The lowest BCUT2D eigenvalue weighted by atomic mass is 9.92. The van der Waals surface area contributed by atoms with Crippen LogP contribution in [0.15, 0.2) is 12.4 Å². The average Bonchev–Trinajstić information content (AvgIpc) is 3.01. The van der Waals surface area contributed by atoms with Gasteiger partial charge in [-0.3, -0.25) is 0 Å². The summed E-state index contributed by atoms with van der Waals surface area (Å²) in [5.41, 5.74) is 4.99. The zero-order valence-electron chi connectivity index (χ0n) is 9.19. The van der Waals surface area contributed by atoms with Gasteiger partial charge in [0, 0.05) is 32.4 Å². The number of aryl methyl sites for hydroxylation is 2. The van der Waals surface area contributed by atoms with Crippen LogP contribution in [-0.4, -0.2) is 26.8 Å². The molecule has 1 fully saturated rings. The molecule has 0 spiro atoms. The predicted octanol–water partition coefficient (Wildman–Crippen LogP) is 0.452. The monoisotopic (exact) mass is 209 g/mol. The van der Waals surface area contributed by atoms with E-state index in [1.54, 1.807) is 6.20 Å². The van der Waals surface area contributed by atoms with E-state index in [1.807, 2.05) is 17.8 Å². The van der Waals surface area contributed by atoms with Gasteiger partial charge in [-0.05, 0) is 25.2 Å². The fourth-order valence-corrected chi connectivity index (χ4v) is 2.06. The lowest BCUT2D eigenvalue weighted by Gasteiger charge is -2.26. The lowest BCUT2D eigenvalue weighted by molar-refractivity contribution is 0.0175. The van der Waals surface area contributed by atoms with Crippen molar-refractivity contribution in [1.82, 2.24) is 9.55 Å². The van der Waals surface area contributed by atoms with Gasteiger partial charge in [-0.15, -0.1) is 0 Å². The summed E-state index contributed by atoms with van der Waals surface area (Å²) in [5.74, 6) is 1.44. The van der Waals surface area contributed by atoms with Gasteiger partial charge in [0.2, 0.25) is 0 Å². The van der Waals surface area contributed by atoms with E-state index in [2.05, 4.69) is 4.98 Å². The van der Waals surface area contributed by atoms with E-state index in [1.165, 1.54) is 0 Å². The van der Waals surface area contributed by atoms with E-state index >= 15 is 0 Å². The van der Waals surface area contributed by atoms with Crippen LogP contribution in [0.2, 0.25) is 0 Å². The molecule has 1 heterocycles. The lowest BCUT2D eigenvalue weighted by Crippen LogP contribution is -2.40. The molecule has 0 aliphatic heterocycles. The summed E-state index contributed by atoms with van der Waals surface area (Å²) in [7, 11) is 1.97. The Morgan fingerprint density at radius 1 is 1.67 bits per heavy atom. The fraction of sp³-hybridized carbons (Fsp3) is 0.727. The molecular formula is C11H19N3O. The molecule has 3 N–H and O–H groups in total. The van der Waals surface area contributed by atoms with E-state index in [-0.39, 0.29) is 0 Å². The van der Waals surface area contributed by atoms with Crippen LogP contribution in [0, 0.1) is 5.92 Å². The van der Waals surface area contributed by atoms with Crippen molar-refractivity contribution in [1.29, 1.82) is 0 Å². The first-order valence-corrected chi connectivity index (χ1v) is 5.54. The molecule has 0 radical (unpaired) electrons. The van der Waals surface area contributed by atoms with Gasteiger partial charge >= 0.3 is 0 Å². The summed E-state index contributed by atoms with van der Waals surface area (Å²) >= 11 is 0. The predicted molar refractivity (Wildman–Crippen MR) is 58.3 cm³/mol. The van der Waals surface area contributed by atoms with Gasteiger partial charge in [-0.2, -0.15) is 0 Å². The van der Waals surface area contributed by atoms with Crippen LogP contribution in [0.25, 0.3) is 0 Å². The molecule has 1 aliphatic carbocycles. The van der Waals surface area contributed by atoms with Crippen LogP contribution in [-0.2, 0) is 13.5 Å². The smallest absolute Gasteiger partial charge is 0.108 e. The zero-order chi connectivity index (χ0) is 10.9. The van der Waals surface area contributed by atoms with Crippen molar-refractivity contribution in [2.45, 2.75) is 31.3 Å². The van der Waals surface area contributed by atoms with Crippen molar-refractivity contribution >= 4 is 0 Å². The molecule has 1 unspecified atom stereocenters. The molecule has 0 bridgehead atoms.